The smallest absolute Gasteiger partial charge is 0.163 e. The first kappa shape index (κ1) is 9.45. The van der Waals surface area contributed by atoms with E-state index in [2.05, 4.69) is 32.0 Å². The van der Waals surface area contributed by atoms with Crippen molar-refractivity contribution >= 4 is 5.78 Å². The van der Waals surface area contributed by atoms with Crippen LogP contribution in [0.15, 0.2) is 18.2 Å². The van der Waals surface area contributed by atoms with E-state index >= 15 is 0 Å². The highest BCUT2D eigenvalue weighted by atomic mass is 16.1. The molecule has 1 heteroatoms. The molecule has 0 atom stereocenters. The Hall–Kier alpha value is -1.11. The molecule has 0 bridgehead atoms. The van der Waals surface area contributed by atoms with E-state index in [1.807, 2.05) is 0 Å². The molecule has 14 heavy (non-hydrogen) atoms. The first-order valence-corrected chi connectivity index (χ1v) is 5.34. The molecular weight excluding hydrogens is 172 g/mol. The fourth-order valence-corrected chi connectivity index (χ4v) is 2.00. The number of hydrogen-bond acceptors (Lipinski definition) is 1. The molecule has 0 heterocycles. The van der Waals surface area contributed by atoms with E-state index in [9.17, 15) is 4.79 Å². The van der Waals surface area contributed by atoms with Gasteiger partial charge in [-0.25, -0.2) is 0 Å². The molecule has 0 radical (unpaired) electrons. The van der Waals surface area contributed by atoms with Gasteiger partial charge in [0.15, 0.2) is 5.78 Å². The Morgan fingerprint density at radius 2 is 2.00 bits per heavy atom. The summed E-state index contributed by atoms with van der Waals surface area (Å²) in [7, 11) is 0. The minimum absolute atomic E-state index is 0.328. The molecule has 2 rings (SSSR count). The SMILES string of the molecule is CC(C)c1ccc2c(c1)C(=O)CCC2. The first-order valence-electron chi connectivity index (χ1n) is 5.34. The topological polar surface area (TPSA) is 17.1 Å². The van der Waals surface area contributed by atoms with Crippen molar-refractivity contribution in [3.8, 4) is 0 Å². The minimum Gasteiger partial charge on any atom is -0.294 e. The summed E-state index contributed by atoms with van der Waals surface area (Å²) < 4.78 is 0. The second kappa shape index (κ2) is 3.56. The number of fused-ring (bicyclic) bond motifs is 1. The summed E-state index contributed by atoms with van der Waals surface area (Å²) in [5.41, 5.74) is 3.49. The number of Topliss-reactive ketones (excluding diaryl/α,β-unsaturated/α-hetero) is 1. The predicted molar refractivity (Wildman–Crippen MR) is 57.8 cm³/mol. The van der Waals surface area contributed by atoms with Gasteiger partial charge in [0.05, 0.1) is 0 Å². The van der Waals surface area contributed by atoms with E-state index in [0.29, 0.717) is 11.7 Å². The quantitative estimate of drug-likeness (QED) is 0.660. The highest BCUT2D eigenvalue weighted by Gasteiger charge is 2.17. The average molecular weight is 188 g/mol. The van der Waals surface area contributed by atoms with Crippen molar-refractivity contribution in [2.45, 2.75) is 39.0 Å². The molecule has 74 valence electrons. The number of hydrogen-bond donors (Lipinski definition) is 0. The van der Waals surface area contributed by atoms with Gasteiger partial charge in [0.25, 0.3) is 0 Å². The molecule has 1 aromatic rings. The third kappa shape index (κ3) is 1.59. The Morgan fingerprint density at radius 1 is 1.21 bits per heavy atom. The summed E-state index contributed by atoms with van der Waals surface area (Å²) in [4.78, 5) is 11.7. The van der Waals surface area contributed by atoms with Gasteiger partial charge in [-0.1, -0.05) is 26.0 Å². The van der Waals surface area contributed by atoms with E-state index in [1.165, 1.54) is 11.1 Å². The zero-order valence-corrected chi connectivity index (χ0v) is 8.84. The molecule has 0 saturated heterocycles. The summed E-state index contributed by atoms with van der Waals surface area (Å²) in [6.45, 7) is 4.32. The fourth-order valence-electron chi connectivity index (χ4n) is 2.00. The van der Waals surface area contributed by atoms with Crippen LogP contribution in [0.25, 0.3) is 0 Å². The third-order valence-electron chi connectivity index (χ3n) is 2.95. The van der Waals surface area contributed by atoms with Crippen LogP contribution in [0.3, 0.4) is 0 Å². The monoisotopic (exact) mass is 188 g/mol. The fraction of sp³-hybridized carbons (Fsp3) is 0.462. The van der Waals surface area contributed by atoms with Crippen LogP contribution in [0, 0.1) is 0 Å². The van der Waals surface area contributed by atoms with Crippen LogP contribution in [0.2, 0.25) is 0 Å². The molecule has 1 aromatic carbocycles. The van der Waals surface area contributed by atoms with Gasteiger partial charge in [0.2, 0.25) is 0 Å². The zero-order valence-electron chi connectivity index (χ0n) is 8.84. The summed E-state index contributed by atoms with van der Waals surface area (Å²) in [6, 6.07) is 6.37. The second-order valence-corrected chi connectivity index (χ2v) is 4.35. The first-order chi connectivity index (χ1) is 6.68. The van der Waals surface area contributed by atoms with E-state index in [0.717, 1.165) is 24.8 Å². The van der Waals surface area contributed by atoms with Crippen LogP contribution < -0.4 is 0 Å². The van der Waals surface area contributed by atoms with Gasteiger partial charge in [-0.15, -0.1) is 0 Å². The molecule has 0 saturated carbocycles. The maximum Gasteiger partial charge on any atom is 0.163 e. The molecular formula is C13H16O. The number of rotatable bonds is 1. The van der Waals surface area contributed by atoms with Gasteiger partial charge in [-0.3, -0.25) is 4.79 Å². The summed E-state index contributed by atoms with van der Waals surface area (Å²) in [6.07, 6.45) is 2.82. The lowest BCUT2D eigenvalue weighted by Crippen LogP contribution is -2.11. The van der Waals surface area contributed by atoms with E-state index in [1.54, 1.807) is 0 Å². The van der Waals surface area contributed by atoms with E-state index in [4.69, 9.17) is 0 Å². The number of carbonyl (C=O) groups is 1. The van der Waals surface area contributed by atoms with Crippen LogP contribution >= 0.6 is 0 Å². The molecule has 0 aromatic heterocycles. The average Bonchev–Trinajstić information content (AvgIpc) is 2.18. The molecule has 0 N–H and O–H groups in total. The predicted octanol–water partition coefficient (Wildman–Crippen LogP) is 3.33. The minimum atomic E-state index is 0.328. The van der Waals surface area contributed by atoms with Crippen molar-refractivity contribution in [2.75, 3.05) is 0 Å². The van der Waals surface area contributed by atoms with Gasteiger partial charge >= 0.3 is 0 Å². The molecule has 0 spiro atoms. The highest BCUT2D eigenvalue weighted by molar-refractivity contribution is 5.98. The van der Waals surface area contributed by atoms with Crippen LogP contribution in [0.5, 0.6) is 0 Å². The highest BCUT2D eigenvalue weighted by Crippen LogP contribution is 2.25. The second-order valence-electron chi connectivity index (χ2n) is 4.35. The van der Waals surface area contributed by atoms with Crippen molar-refractivity contribution in [1.82, 2.24) is 0 Å². The molecule has 0 unspecified atom stereocenters. The number of ketones is 1. The number of carbonyl (C=O) groups excluding carboxylic acids is 1. The summed E-state index contributed by atoms with van der Waals surface area (Å²) >= 11 is 0. The maximum atomic E-state index is 11.7. The molecule has 0 aliphatic heterocycles. The van der Waals surface area contributed by atoms with Gasteiger partial charge in [0, 0.05) is 12.0 Å². The van der Waals surface area contributed by atoms with Gasteiger partial charge in [-0.2, -0.15) is 0 Å². The standard InChI is InChI=1S/C13H16O/c1-9(2)11-7-6-10-4-3-5-13(14)12(10)8-11/h6-9H,3-5H2,1-2H3. The Kier molecular flexibility index (Phi) is 2.40. The lowest BCUT2D eigenvalue weighted by Gasteiger charge is -2.16. The van der Waals surface area contributed by atoms with E-state index in [-0.39, 0.29) is 0 Å². The van der Waals surface area contributed by atoms with Crippen LogP contribution in [-0.4, -0.2) is 5.78 Å². The van der Waals surface area contributed by atoms with E-state index < -0.39 is 0 Å². The van der Waals surface area contributed by atoms with Crippen LogP contribution in [0.4, 0.5) is 0 Å². The zero-order chi connectivity index (χ0) is 10.1. The third-order valence-corrected chi connectivity index (χ3v) is 2.95. The molecule has 0 fully saturated rings. The lowest BCUT2D eigenvalue weighted by molar-refractivity contribution is 0.0972. The summed E-state index contributed by atoms with van der Waals surface area (Å²) in [5, 5.41) is 0. The van der Waals surface area contributed by atoms with Crippen molar-refractivity contribution < 1.29 is 4.79 Å². The van der Waals surface area contributed by atoms with Crippen molar-refractivity contribution in [3.63, 3.8) is 0 Å². The maximum absolute atomic E-state index is 11.7. The largest absolute Gasteiger partial charge is 0.294 e. The van der Waals surface area contributed by atoms with Crippen LogP contribution in [0.1, 0.15) is 54.1 Å². The molecule has 0 amide bonds. The Balaban J connectivity index is 2.46. The normalized spacial score (nSPS) is 15.8. The van der Waals surface area contributed by atoms with Crippen molar-refractivity contribution in [1.29, 1.82) is 0 Å². The molecule has 1 aliphatic carbocycles. The van der Waals surface area contributed by atoms with Gasteiger partial charge in [0.1, 0.15) is 0 Å². The molecule has 1 aliphatic rings. The Bertz CT molecular complexity index is 363. The van der Waals surface area contributed by atoms with Crippen molar-refractivity contribution in [3.05, 3.63) is 34.9 Å². The Labute approximate surface area is 85.1 Å². The van der Waals surface area contributed by atoms with Crippen LogP contribution in [-0.2, 0) is 6.42 Å². The number of aryl methyl sites for hydroxylation is 1. The van der Waals surface area contributed by atoms with Gasteiger partial charge in [-0.05, 0) is 36.0 Å². The lowest BCUT2D eigenvalue weighted by atomic mass is 9.87. The van der Waals surface area contributed by atoms with Gasteiger partial charge < -0.3 is 0 Å². The Morgan fingerprint density at radius 3 is 2.71 bits per heavy atom. The number of benzene rings is 1. The van der Waals surface area contributed by atoms with Crippen molar-refractivity contribution in [2.24, 2.45) is 0 Å². The molecule has 1 nitrogen and oxygen atoms in total. The summed E-state index contributed by atoms with van der Waals surface area (Å²) in [5.74, 6) is 0.837.